The molecule has 0 aromatic heterocycles. The van der Waals surface area contributed by atoms with Crippen molar-refractivity contribution >= 4 is 0 Å². The van der Waals surface area contributed by atoms with Gasteiger partial charge in [-0.25, -0.2) is 8.78 Å². The highest BCUT2D eigenvalue weighted by molar-refractivity contribution is 5.21. The predicted octanol–water partition coefficient (Wildman–Crippen LogP) is 2.41. The molecular weight excluding hydrogens is 274 g/mol. The molecule has 1 N–H and O–H groups in total. The van der Waals surface area contributed by atoms with Gasteiger partial charge in [-0.1, -0.05) is 12.1 Å². The van der Waals surface area contributed by atoms with Crippen molar-refractivity contribution in [3.8, 4) is 0 Å². The van der Waals surface area contributed by atoms with Gasteiger partial charge in [0.05, 0.1) is 6.10 Å². The highest BCUT2D eigenvalue weighted by Gasteiger charge is 2.27. The second-order valence-corrected chi connectivity index (χ2v) is 6.62. The zero-order chi connectivity index (χ0) is 15.6. The molecule has 118 valence electrons. The molecule has 1 aliphatic rings. The van der Waals surface area contributed by atoms with Gasteiger partial charge in [-0.3, -0.25) is 9.80 Å². The van der Waals surface area contributed by atoms with E-state index >= 15 is 0 Å². The molecule has 1 heterocycles. The standard InChI is InChI=1S/C16H24F2N2O/c1-16(2,3)20-9-7-19(8-10-20)11-14(21)12-5-4-6-13(17)15(12)18/h4-6,14,21H,7-11H2,1-3H3. The minimum Gasteiger partial charge on any atom is -0.387 e. The molecule has 0 aliphatic carbocycles. The normalized spacial score (nSPS) is 19.7. The maximum atomic E-state index is 13.7. The molecule has 1 atom stereocenters. The Labute approximate surface area is 125 Å². The van der Waals surface area contributed by atoms with E-state index in [2.05, 4.69) is 30.6 Å². The van der Waals surface area contributed by atoms with Crippen molar-refractivity contribution in [2.45, 2.75) is 32.4 Å². The second-order valence-electron chi connectivity index (χ2n) is 6.62. The predicted molar refractivity (Wildman–Crippen MR) is 79.1 cm³/mol. The van der Waals surface area contributed by atoms with E-state index in [1.807, 2.05) is 0 Å². The summed E-state index contributed by atoms with van der Waals surface area (Å²) in [5.41, 5.74) is 0.174. The van der Waals surface area contributed by atoms with Crippen LogP contribution in [0.4, 0.5) is 8.78 Å². The molecule has 1 saturated heterocycles. The van der Waals surface area contributed by atoms with Crippen LogP contribution in [-0.2, 0) is 0 Å². The van der Waals surface area contributed by atoms with Gasteiger partial charge in [0.15, 0.2) is 11.6 Å². The average molecular weight is 298 g/mol. The van der Waals surface area contributed by atoms with Gasteiger partial charge in [-0.2, -0.15) is 0 Å². The summed E-state index contributed by atoms with van der Waals surface area (Å²) in [4.78, 5) is 4.48. The fourth-order valence-electron chi connectivity index (χ4n) is 2.72. The number of hydrogen-bond acceptors (Lipinski definition) is 3. The van der Waals surface area contributed by atoms with E-state index in [0.717, 1.165) is 32.2 Å². The summed E-state index contributed by atoms with van der Waals surface area (Å²) in [5, 5.41) is 10.1. The molecule has 3 nitrogen and oxygen atoms in total. The van der Waals surface area contributed by atoms with E-state index in [1.54, 1.807) is 0 Å². The van der Waals surface area contributed by atoms with Gasteiger partial charge in [0.25, 0.3) is 0 Å². The first kappa shape index (κ1) is 16.3. The Morgan fingerprint density at radius 1 is 1.14 bits per heavy atom. The van der Waals surface area contributed by atoms with Crippen LogP contribution in [-0.4, -0.2) is 53.2 Å². The average Bonchev–Trinajstić information content (AvgIpc) is 2.41. The molecule has 1 aromatic rings. The highest BCUT2D eigenvalue weighted by Crippen LogP contribution is 2.22. The van der Waals surface area contributed by atoms with Crippen molar-refractivity contribution in [1.29, 1.82) is 0 Å². The number of piperazine rings is 1. The Morgan fingerprint density at radius 3 is 2.33 bits per heavy atom. The molecule has 0 amide bonds. The third-order valence-corrected chi connectivity index (χ3v) is 4.09. The quantitative estimate of drug-likeness (QED) is 0.928. The third-order valence-electron chi connectivity index (χ3n) is 4.09. The van der Waals surface area contributed by atoms with Gasteiger partial charge in [0, 0.05) is 43.8 Å². The van der Waals surface area contributed by atoms with Crippen molar-refractivity contribution in [3.05, 3.63) is 35.4 Å². The Bertz CT molecular complexity index is 480. The number of aliphatic hydroxyl groups excluding tert-OH is 1. The number of benzene rings is 1. The fraction of sp³-hybridized carbons (Fsp3) is 0.625. The maximum absolute atomic E-state index is 13.7. The van der Waals surface area contributed by atoms with E-state index < -0.39 is 17.7 Å². The smallest absolute Gasteiger partial charge is 0.164 e. The Kier molecular flexibility index (Phi) is 4.96. The molecule has 21 heavy (non-hydrogen) atoms. The van der Waals surface area contributed by atoms with Crippen LogP contribution in [0.1, 0.15) is 32.4 Å². The lowest BCUT2D eigenvalue weighted by Crippen LogP contribution is -2.53. The number of β-amino-alcohol motifs (C(OH)–C–C–N with tert-alkyl or cyclic N) is 1. The van der Waals surface area contributed by atoms with E-state index in [-0.39, 0.29) is 11.1 Å². The van der Waals surface area contributed by atoms with Gasteiger partial charge in [-0.15, -0.1) is 0 Å². The van der Waals surface area contributed by atoms with Crippen LogP contribution in [0.25, 0.3) is 0 Å². The largest absolute Gasteiger partial charge is 0.387 e. The molecule has 1 aromatic carbocycles. The molecule has 0 radical (unpaired) electrons. The fourth-order valence-corrected chi connectivity index (χ4v) is 2.72. The van der Waals surface area contributed by atoms with E-state index in [9.17, 15) is 13.9 Å². The lowest BCUT2D eigenvalue weighted by atomic mass is 10.0. The monoisotopic (exact) mass is 298 g/mol. The molecule has 1 unspecified atom stereocenters. The topological polar surface area (TPSA) is 26.7 Å². The molecule has 5 heteroatoms. The molecule has 1 aliphatic heterocycles. The summed E-state index contributed by atoms with van der Waals surface area (Å²) >= 11 is 0. The zero-order valence-electron chi connectivity index (χ0n) is 12.9. The van der Waals surface area contributed by atoms with Crippen molar-refractivity contribution in [2.75, 3.05) is 32.7 Å². The summed E-state index contributed by atoms with van der Waals surface area (Å²) in [7, 11) is 0. The first-order chi connectivity index (χ1) is 9.79. The summed E-state index contributed by atoms with van der Waals surface area (Å²) in [5.74, 6) is -1.86. The first-order valence-corrected chi connectivity index (χ1v) is 7.38. The van der Waals surface area contributed by atoms with Gasteiger partial charge in [0.2, 0.25) is 0 Å². The van der Waals surface area contributed by atoms with Crippen molar-refractivity contribution < 1.29 is 13.9 Å². The van der Waals surface area contributed by atoms with Crippen LogP contribution in [0.15, 0.2) is 18.2 Å². The molecule has 0 spiro atoms. The number of nitrogens with zero attached hydrogens (tertiary/aromatic N) is 2. The maximum Gasteiger partial charge on any atom is 0.164 e. The van der Waals surface area contributed by atoms with Gasteiger partial charge < -0.3 is 5.11 Å². The van der Waals surface area contributed by atoms with Crippen LogP contribution in [0.2, 0.25) is 0 Å². The van der Waals surface area contributed by atoms with Crippen LogP contribution in [0, 0.1) is 11.6 Å². The summed E-state index contributed by atoms with van der Waals surface area (Å²) in [6, 6.07) is 3.93. The summed E-state index contributed by atoms with van der Waals surface area (Å²) < 4.78 is 26.9. The number of hydrogen-bond donors (Lipinski definition) is 1. The minimum atomic E-state index is -0.998. The zero-order valence-corrected chi connectivity index (χ0v) is 12.9. The van der Waals surface area contributed by atoms with Crippen LogP contribution in [0.3, 0.4) is 0 Å². The van der Waals surface area contributed by atoms with E-state index in [0.29, 0.717) is 6.54 Å². The molecule has 0 bridgehead atoms. The SMILES string of the molecule is CC(C)(C)N1CCN(CC(O)c2cccc(F)c2F)CC1. The van der Waals surface area contributed by atoms with Crippen molar-refractivity contribution in [3.63, 3.8) is 0 Å². The second kappa shape index (κ2) is 6.38. The number of aliphatic hydroxyl groups is 1. The molecule has 1 fully saturated rings. The van der Waals surface area contributed by atoms with Crippen LogP contribution < -0.4 is 0 Å². The molecular formula is C16H24F2N2O. The third kappa shape index (κ3) is 3.99. The Morgan fingerprint density at radius 2 is 1.76 bits per heavy atom. The minimum absolute atomic E-state index is 0.0354. The van der Waals surface area contributed by atoms with Crippen molar-refractivity contribution in [1.82, 2.24) is 9.80 Å². The first-order valence-electron chi connectivity index (χ1n) is 7.38. The summed E-state index contributed by atoms with van der Waals surface area (Å²) in [6.07, 6.45) is -0.998. The highest BCUT2D eigenvalue weighted by atomic mass is 19.2. The number of rotatable bonds is 3. The molecule has 0 saturated carbocycles. The van der Waals surface area contributed by atoms with E-state index in [1.165, 1.54) is 12.1 Å². The number of halogens is 2. The lowest BCUT2D eigenvalue weighted by Gasteiger charge is -2.42. The Balaban J connectivity index is 1.93. The lowest BCUT2D eigenvalue weighted by molar-refractivity contribution is 0.0353. The van der Waals surface area contributed by atoms with Crippen LogP contribution in [0.5, 0.6) is 0 Å². The Hall–Kier alpha value is -1.04. The van der Waals surface area contributed by atoms with Gasteiger partial charge >= 0.3 is 0 Å². The van der Waals surface area contributed by atoms with Gasteiger partial charge in [-0.05, 0) is 26.8 Å². The van der Waals surface area contributed by atoms with Crippen LogP contribution >= 0.6 is 0 Å². The van der Waals surface area contributed by atoms with Gasteiger partial charge in [0.1, 0.15) is 0 Å². The van der Waals surface area contributed by atoms with E-state index in [4.69, 9.17) is 0 Å². The van der Waals surface area contributed by atoms with Crippen molar-refractivity contribution in [2.24, 2.45) is 0 Å². The molecule has 2 rings (SSSR count). The summed E-state index contributed by atoms with van der Waals surface area (Å²) in [6.45, 7) is 10.4.